The van der Waals surface area contributed by atoms with Crippen molar-refractivity contribution >= 4 is 16.6 Å². The molecule has 0 bridgehead atoms. The summed E-state index contributed by atoms with van der Waals surface area (Å²) in [5.74, 6) is 0. The van der Waals surface area contributed by atoms with E-state index in [0.29, 0.717) is 0 Å². The predicted octanol–water partition coefficient (Wildman–Crippen LogP) is 4.28. The van der Waals surface area contributed by atoms with E-state index in [1.54, 1.807) is 0 Å². The van der Waals surface area contributed by atoms with E-state index in [4.69, 9.17) is 8.85 Å². The summed E-state index contributed by atoms with van der Waals surface area (Å²) in [5, 5.41) is 20.0. The molecule has 0 saturated heterocycles. The van der Waals surface area contributed by atoms with Gasteiger partial charge >= 0.3 is 0 Å². The molecule has 0 N–H and O–H groups in total. The summed E-state index contributed by atoms with van der Waals surface area (Å²) < 4.78 is 12.7. The van der Waals surface area contributed by atoms with E-state index >= 15 is 0 Å². The normalized spacial score (nSPS) is 33.5. The van der Waals surface area contributed by atoms with Crippen molar-refractivity contribution in [1.29, 1.82) is 10.5 Å². The molecule has 1 rings (SSSR count). The molecule has 0 aromatic rings. The first-order valence-electron chi connectivity index (χ1n) is 7.76. The third kappa shape index (κ3) is 2.28. The molecule has 0 heterocycles. The first kappa shape index (κ1) is 19.4. The van der Waals surface area contributed by atoms with Crippen molar-refractivity contribution < 1.29 is 8.85 Å². The van der Waals surface area contributed by atoms with E-state index < -0.39 is 38.7 Å². The van der Waals surface area contributed by atoms with Gasteiger partial charge in [0.2, 0.25) is 0 Å². The van der Waals surface area contributed by atoms with Crippen LogP contribution in [0, 0.1) is 33.5 Å². The smallest absolute Gasteiger partial charge is 0.185 e. The van der Waals surface area contributed by atoms with Crippen LogP contribution in [0.2, 0.25) is 39.3 Å². The summed E-state index contributed by atoms with van der Waals surface area (Å²) in [6.07, 6.45) is 0. The largest absolute Gasteiger partial charge is 0.399 e. The molecule has 0 aromatic carbocycles. The van der Waals surface area contributed by atoms with Gasteiger partial charge in [0.05, 0.1) is 12.1 Å². The van der Waals surface area contributed by atoms with Gasteiger partial charge in [-0.05, 0) is 39.3 Å². The zero-order valence-electron chi connectivity index (χ0n) is 15.7. The molecular formula is C16H30N2O2Si2. The molecule has 0 radical (unpaired) electrons. The van der Waals surface area contributed by atoms with E-state index in [0.717, 1.165) is 0 Å². The summed E-state index contributed by atoms with van der Waals surface area (Å²) in [4.78, 5) is 0. The molecule has 0 spiro atoms. The lowest BCUT2D eigenvalue weighted by Crippen LogP contribution is -2.86. The molecule has 4 nitrogen and oxygen atoms in total. The Hall–Kier alpha value is -0.666. The van der Waals surface area contributed by atoms with Crippen LogP contribution in [0.5, 0.6) is 0 Å². The van der Waals surface area contributed by atoms with E-state index in [1.807, 2.05) is 27.7 Å². The van der Waals surface area contributed by atoms with E-state index in [2.05, 4.69) is 51.4 Å². The first-order chi connectivity index (χ1) is 9.54. The molecule has 1 saturated carbocycles. The van der Waals surface area contributed by atoms with Crippen LogP contribution in [0.3, 0.4) is 0 Å². The van der Waals surface area contributed by atoms with Gasteiger partial charge in [0.25, 0.3) is 0 Å². The Morgan fingerprint density at radius 1 is 0.636 bits per heavy atom. The SMILES string of the molecule is CC1(C)C(C#N)(O[Si](C)(C)C)C(C)(C)C1(C#N)O[Si](C)(C)C. The Morgan fingerprint density at radius 2 is 0.864 bits per heavy atom. The topological polar surface area (TPSA) is 66.0 Å². The van der Waals surface area contributed by atoms with Crippen LogP contribution in [-0.4, -0.2) is 27.8 Å². The number of hydrogen-bond donors (Lipinski definition) is 0. The number of hydrogen-bond acceptors (Lipinski definition) is 4. The predicted molar refractivity (Wildman–Crippen MR) is 93.1 cm³/mol. The van der Waals surface area contributed by atoms with E-state index in [-0.39, 0.29) is 0 Å². The summed E-state index contributed by atoms with van der Waals surface area (Å²) >= 11 is 0. The Labute approximate surface area is 137 Å². The monoisotopic (exact) mass is 338 g/mol. The second-order valence-electron chi connectivity index (χ2n) is 9.26. The first-order valence-corrected chi connectivity index (χ1v) is 14.6. The van der Waals surface area contributed by atoms with Crippen molar-refractivity contribution in [2.45, 2.75) is 78.2 Å². The van der Waals surface area contributed by atoms with Gasteiger partial charge in [-0.2, -0.15) is 10.5 Å². The second-order valence-corrected chi connectivity index (χ2v) is 18.1. The molecule has 1 fully saturated rings. The van der Waals surface area contributed by atoms with Crippen molar-refractivity contribution in [3.63, 3.8) is 0 Å². The average molecular weight is 339 g/mol. The van der Waals surface area contributed by atoms with Gasteiger partial charge in [0.1, 0.15) is 0 Å². The Morgan fingerprint density at radius 3 is 1.00 bits per heavy atom. The van der Waals surface area contributed by atoms with Gasteiger partial charge in [-0.3, -0.25) is 0 Å². The molecule has 0 unspecified atom stereocenters. The molecule has 0 aromatic heterocycles. The van der Waals surface area contributed by atoms with Gasteiger partial charge in [-0.15, -0.1) is 0 Å². The van der Waals surface area contributed by atoms with Gasteiger partial charge < -0.3 is 8.85 Å². The van der Waals surface area contributed by atoms with Crippen LogP contribution >= 0.6 is 0 Å². The number of nitrogens with zero attached hydrogens (tertiary/aromatic N) is 2. The van der Waals surface area contributed by atoms with Crippen molar-refractivity contribution in [2.75, 3.05) is 0 Å². The van der Waals surface area contributed by atoms with E-state index in [1.165, 1.54) is 0 Å². The van der Waals surface area contributed by atoms with Gasteiger partial charge in [-0.1, -0.05) is 27.7 Å². The lowest BCUT2D eigenvalue weighted by atomic mass is 9.36. The highest BCUT2D eigenvalue weighted by Crippen LogP contribution is 2.72. The highest BCUT2D eigenvalue weighted by molar-refractivity contribution is 6.70. The number of rotatable bonds is 4. The third-order valence-electron chi connectivity index (χ3n) is 4.75. The highest BCUT2D eigenvalue weighted by atomic mass is 28.4. The van der Waals surface area contributed by atoms with Crippen LogP contribution in [-0.2, 0) is 8.85 Å². The van der Waals surface area contributed by atoms with Crippen molar-refractivity contribution in [3.05, 3.63) is 0 Å². The fourth-order valence-corrected chi connectivity index (χ4v) is 6.98. The standard InChI is InChI=1S/C16H30N2O2Si2/c1-13(2)15(11-17,19-21(5,6)7)14(3,4)16(13,12-18)20-22(8,9)10/h1-10H3. The van der Waals surface area contributed by atoms with Crippen LogP contribution in [0.15, 0.2) is 0 Å². The van der Waals surface area contributed by atoms with E-state index in [9.17, 15) is 10.5 Å². The maximum atomic E-state index is 9.99. The molecule has 22 heavy (non-hydrogen) atoms. The van der Waals surface area contributed by atoms with Gasteiger partial charge in [0.15, 0.2) is 27.8 Å². The fourth-order valence-electron chi connectivity index (χ4n) is 4.03. The zero-order chi connectivity index (χ0) is 17.8. The molecule has 124 valence electrons. The van der Waals surface area contributed by atoms with Crippen molar-refractivity contribution in [2.24, 2.45) is 10.8 Å². The van der Waals surface area contributed by atoms with Crippen molar-refractivity contribution in [1.82, 2.24) is 0 Å². The molecule has 0 amide bonds. The Kier molecular flexibility index (Phi) is 4.33. The Bertz CT molecular complexity index is 480. The molecule has 1 aliphatic rings. The summed E-state index contributed by atoms with van der Waals surface area (Å²) in [6.45, 7) is 20.2. The van der Waals surface area contributed by atoms with Crippen LogP contribution in [0.25, 0.3) is 0 Å². The minimum absolute atomic E-state index is 0.701. The molecule has 0 atom stereocenters. The minimum atomic E-state index is -1.97. The average Bonchev–Trinajstić information content (AvgIpc) is 2.29. The van der Waals surface area contributed by atoms with Crippen LogP contribution < -0.4 is 0 Å². The lowest BCUT2D eigenvalue weighted by Gasteiger charge is -2.73. The summed E-state index contributed by atoms with van der Waals surface area (Å²) in [6, 6.07) is 4.85. The third-order valence-corrected chi connectivity index (χ3v) is 6.59. The van der Waals surface area contributed by atoms with Gasteiger partial charge in [0, 0.05) is 10.8 Å². The molecule has 0 aliphatic heterocycles. The Balaban J connectivity index is 3.53. The minimum Gasteiger partial charge on any atom is -0.399 e. The quantitative estimate of drug-likeness (QED) is 0.718. The molecule has 6 heteroatoms. The maximum absolute atomic E-state index is 9.99. The zero-order valence-corrected chi connectivity index (χ0v) is 17.7. The van der Waals surface area contributed by atoms with Crippen LogP contribution in [0.1, 0.15) is 27.7 Å². The summed E-state index contributed by atoms with van der Waals surface area (Å²) in [7, 11) is -3.94. The van der Waals surface area contributed by atoms with Gasteiger partial charge in [-0.25, -0.2) is 0 Å². The highest BCUT2D eigenvalue weighted by Gasteiger charge is 2.84. The van der Waals surface area contributed by atoms with Crippen molar-refractivity contribution in [3.8, 4) is 12.1 Å². The molecule has 1 aliphatic carbocycles. The molecular weight excluding hydrogens is 308 g/mol. The maximum Gasteiger partial charge on any atom is 0.185 e. The fraction of sp³-hybridized carbons (Fsp3) is 0.875. The summed E-state index contributed by atoms with van der Waals surface area (Å²) in [5.41, 5.74) is -3.43. The lowest BCUT2D eigenvalue weighted by molar-refractivity contribution is -0.312. The van der Waals surface area contributed by atoms with Crippen LogP contribution in [0.4, 0.5) is 0 Å². The number of nitriles is 2. The second kappa shape index (κ2) is 4.91.